The summed E-state index contributed by atoms with van der Waals surface area (Å²) in [6, 6.07) is 25.7. The molecule has 28 heavy (non-hydrogen) atoms. The monoisotopic (exact) mass is 368 g/mol. The first kappa shape index (κ1) is 19.7. The minimum absolute atomic E-state index is 0.0166. The van der Waals surface area contributed by atoms with Crippen molar-refractivity contribution in [1.82, 2.24) is 0 Å². The van der Waals surface area contributed by atoms with Crippen molar-refractivity contribution in [3.8, 4) is 5.75 Å². The van der Waals surface area contributed by atoms with Crippen LogP contribution in [0.4, 0.5) is 0 Å². The molecule has 3 rings (SSSR count). The van der Waals surface area contributed by atoms with Gasteiger partial charge < -0.3 is 4.74 Å². The topological polar surface area (TPSA) is 9.23 Å². The maximum absolute atomic E-state index is 5.92. The van der Waals surface area contributed by atoms with Gasteiger partial charge in [0.15, 0.2) is 0 Å². The van der Waals surface area contributed by atoms with Crippen molar-refractivity contribution < 1.29 is 4.74 Å². The fourth-order valence-corrected chi connectivity index (χ4v) is 3.62. The molecule has 0 bridgehead atoms. The lowest BCUT2D eigenvalue weighted by molar-refractivity contribution is 0.407. The average molecular weight is 369 g/mol. The van der Waals surface area contributed by atoms with Crippen LogP contribution in [0.2, 0.25) is 0 Å². The lowest BCUT2D eigenvalue weighted by Crippen LogP contribution is -2.14. The van der Waals surface area contributed by atoms with Gasteiger partial charge in [0.25, 0.3) is 0 Å². The number of benzene rings is 3. The minimum atomic E-state index is 0.0166. The van der Waals surface area contributed by atoms with Gasteiger partial charge in [0, 0.05) is 17.0 Å². The van der Waals surface area contributed by atoms with Gasteiger partial charge in [-0.1, -0.05) is 94.1 Å². The third-order valence-corrected chi connectivity index (χ3v) is 5.05. The molecule has 0 N–H and O–H groups in total. The van der Waals surface area contributed by atoms with E-state index in [0.717, 1.165) is 16.9 Å². The Labute approximate surface area is 169 Å². The van der Waals surface area contributed by atoms with Gasteiger partial charge in [-0.15, -0.1) is 5.73 Å². The van der Waals surface area contributed by atoms with Gasteiger partial charge in [-0.2, -0.15) is 0 Å². The Kier molecular flexibility index (Phi) is 5.87. The second-order valence-electron chi connectivity index (χ2n) is 8.04. The Morgan fingerprint density at radius 1 is 0.893 bits per heavy atom. The molecule has 0 radical (unpaired) electrons. The fourth-order valence-electron chi connectivity index (χ4n) is 3.62. The van der Waals surface area contributed by atoms with Gasteiger partial charge in [-0.05, 0) is 34.2 Å². The first-order valence-electron chi connectivity index (χ1n) is 9.64. The predicted molar refractivity (Wildman–Crippen MR) is 119 cm³/mol. The summed E-state index contributed by atoms with van der Waals surface area (Å²) in [7, 11) is 1.74. The van der Waals surface area contributed by atoms with Crippen LogP contribution in [0.3, 0.4) is 0 Å². The van der Waals surface area contributed by atoms with Crippen molar-refractivity contribution in [2.24, 2.45) is 0 Å². The lowest BCUT2D eigenvalue weighted by Gasteiger charge is -2.27. The van der Waals surface area contributed by atoms with Crippen LogP contribution in [0, 0.1) is 0 Å². The lowest BCUT2D eigenvalue weighted by atomic mass is 9.79. The number of ether oxygens (including phenoxy) is 1. The minimum Gasteiger partial charge on any atom is -0.496 e. The van der Waals surface area contributed by atoms with Crippen LogP contribution < -0.4 is 4.74 Å². The average Bonchev–Trinajstić information content (AvgIpc) is 2.69. The third-order valence-electron chi connectivity index (χ3n) is 5.05. The van der Waals surface area contributed by atoms with Gasteiger partial charge in [-0.25, -0.2) is 0 Å². The zero-order chi connectivity index (χ0) is 20.1. The highest BCUT2D eigenvalue weighted by molar-refractivity contribution is 5.64. The SMILES string of the molecule is C=C=Cc1cc(C(C)(C)C)cc(C(c2ccccc2)c2ccccc2)c1OC. The highest BCUT2D eigenvalue weighted by Gasteiger charge is 2.25. The zero-order valence-electron chi connectivity index (χ0n) is 17.2. The van der Waals surface area contributed by atoms with Gasteiger partial charge in [0.1, 0.15) is 5.75 Å². The molecule has 0 aliphatic rings. The standard InChI is InChI=1S/C27H28O/c1-6-13-22-18-23(27(2,3)4)19-24(26(22)28-5)25(20-14-9-7-10-15-20)21-16-11-8-12-17-21/h7-19,25H,1H2,2-5H3. The van der Waals surface area contributed by atoms with E-state index >= 15 is 0 Å². The molecule has 0 saturated carbocycles. The number of hydrogen-bond acceptors (Lipinski definition) is 1. The molecule has 0 saturated heterocycles. The number of methoxy groups -OCH3 is 1. The normalized spacial score (nSPS) is 11.2. The summed E-state index contributed by atoms with van der Waals surface area (Å²) >= 11 is 0. The van der Waals surface area contributed by atoms with Crippen LogP contribution >= 0.6 is 0 Å². The van der Waals surface area contributed by atoms with Crippen LogP contribution in [-0.4, -0.2) is 7.11 Å². The molecule has 142 valence electrons. The molecule has 0 spiro atoms. The maximum atomic E-state index is 5.92. The van der Waals surface area contributed by atoms with Crippen LogP contribution in [0.25, 0.3) is 6.08 Å². The molecule has 0 atom stereocenters. The Morgan fingerprint density at radius 2 is 1.43 bits per heavy atom. The van der Waals surface area contributed by atoms with Crippen LogP contribution in [0.1, 0.15) is 54.5 Å². The molecular formula is C27H28O. The van der Waals surface area contributed by atoms with Gasteiger partial charge in [0.05, 0.1) is 7.11 Å². The van der Waals surface area contributed by atoms with E-state index in [2.05, 4.69) is 106 Å². The van der Waals surface area contributed by atoms with E-state index in [1.807, 2.05) is 6.08 Å². The van der Waals surface area contributed by atoms with E-state index in [0.29, 0.717) is 0 Å². The fraction of sp³-hybridized carbons (Fsp3) is 0.222. The van der Waals surface area contributed by atoms with E-state index in [-0.39, 0.29) is 11.3 Å². The molecule has 0 fully saturated rings. The van der Waals surface area contributed by atoms with Crippen LogP contribution in [0.15, 0.2) is 85.1 Å². The predicted octanol–water partition coefficient (Wildman–Crippen LogP) is 6.97. The Morgan fingerprint density at radius 3 is 1.86 bits per heavy atom. The molecular weight excluding hydrogens is 340 g/mol. The second kappa shape index (κ2) is 8.33. The molecule has 0 aliphatic heterocycles. The van der Waals surface area contributed by atoms with E-state index < -0.39 is 0 Å². The molecule has 3 aromatic rings. The molecule has 0 unspecified atom stereocenters. The van der Waals surface area contributed by atoms with E-state index in [1.165, 1.54) is 16.7 Å². The molecule has 0 aromatic heterocycles. The van der Waals surface area contributed by atoms with Crippen molar-refractivity contribution >= 4 is 6.08 Å². The highest BCUT2D eigenvalue weighted by atomic mass is 16.5. The summed E-state index contributed by atoms with van der Waals surface area (Å²) in [6.45, 7) is 10.5. The third kappa shape index (κ3) is 4.11. The van der Waals surface area contributed by atoms with Crippen LogP contribution in [0.5, 0.6) is 5.75 Å². The maximum Gasteiger partial charge on any atom is 0.130 e. The summed E-state index contributed by atoms with van der Waals surface area (Å²) in [6.07, 6.45) is 1.91. The first-order chi connectivity index (χ1) is 13.5. The Balaban J connectivity index is 2.36. The zero-order valence-corrected chi connectivity index (χ0v) is 17.2. The highest BCUT2D eigenvalue weighted by Crippen LogP contribution is 2.41. The van der Waals surface area contributed by atoms with Gasteiger partial charge in [0.2, 0.25) is 0 Å². The number of hydrogen-bond donors (Lipinski definition) is 0. The van der Waals surface area contributed by atoms with Crippen molar-refractivity contribution in [2.45, 2.75) is 32.1 Å². The molecule has 1 nitrogen and oxygen atoms in total. The molecule has 0 amide bonds. The van der Waals surface area contributed by atoms with E-state index in [1.54, 1.807) is 7.11 Å². The smallest absolute Gasteiger partial charge is 0.130 e. The molecule has 3 aromatic carbocycles. The van der Waals surface area contributed by atoms with Crippen molar-refractivity contribution in [3.05, 3.63) is 113 Å². The largest absolute Gasteiger partial charge is 0.496 e. The van der Waals surface area contributed by atoms with Gasteiger partial charge in [-0.3, -0.25) is 0 Å². The summed E-state index contributed by atoms with van der Waals surface area (Å²) in [5, 5.41) is 0. The van der Waals surface area contributed by atoms with E-state index in [9.17, 15) is 0 Å². The second-order valence-corrected chi connectivity index (χ2v) is 8.04. The first-order valence-corrected chi connectivity index (χ1v) is 9.64. The molecule has 0 aliphatic carbocycles. The van der Waals surface area contributed by atoms with Crippen molar-refractivity contribution in [2.75, 3.05) is 7.11 Å². The van der Waals surface area contributed by atoms with Gasteiger partial charge >= 0.3 is 0 Å². The van der Waals surface area contributed by atoms with E-state index in [4.69, 9.17) is 4.74 Å². The summed E-state index contributed by atoms with van der Waals surface area (Å²) in [4.78, 5) is 0. The van der Waals surface area contributed by atoms with Crippen LogP contribution in [-0.2, 0) is 5.41 Å². The summed E-state index contributed by atoms with van der Waals surface area (Å²) in [5.74, 6) is 0.957. The summed E-state index contributed by atoms with van der Waals surface area (Å²) in [5.41, 5.74) is 8.87. The molecule has 0 heterocycles. The Hall–Kier alpha value is -3.02. The number of rotatable bonds is 5. The molecule has 1 heteroatoms. The van der Waals surface area contributed by atoms with Crippen molar-refractivity contribution in [1.29, 1.82) is 0 Å². The quantitative estimate of drug-likeness (QED) is 0.349. The Bertz CT molecular complexity index is 933. The van der Waals surface area contributed by atoms with Crippen molar-refractivity contribution in [3.63, 3.8) is 0 Å². The summed E-state index contributed by atoms with van der Waals surface area (Å²) < 4.78 is 5.92.